The summed E-state index contributed by atoms with van der Waals surface area (Å²) in [5, 5.41) is 19.5. The Morgan fingerprint density at radius 1 is 1.23 bits per heavy atom. The van der Waals surface area contributed by atoms with E-state index < -0.39 is 18.2 Å². The summed E-state index contributed by atoms with van der Waals surface area (Å²) in [6.45, 7) is 2.18. The van der Waals surface area contributed by atoms with Crippen LogP contribution < -0.4 is 9.47 Å². The fourth-order valence-corrected chi connectivity index (χ4v) is 1.64. The van der Waals surface area contributed by atoms with E-state index in [0.29, 0.717) is 5.75 Å². The predicted octanol–water partition coefficient (Wildman–Crippen LogP) is 1.31. The molecule has 0 radical (unpaired) electrons. The van der Waals surface area contributed by atoms with E-state index in [4.69, 9.17) is 9.47 Å². The SMILES string of the molecule is CCOC(=O)/C=C/[C@@H](O)[C@H](O)CCOc1ccc(OC)cc1. The van der Waals surface area contributed by atoms with E-state index in [-0.39, 0.29) is 19.6 Å². The molecule has 0 saturated carbocycles. The molecule has 1 aromatic carbocycles. The highest BCUT2D eigenvalue weighted by Gasteiger charge is 2.13. The number of carbonyl (C=O) groups is 1. The maximum Gasteiger partial charge on any atom is 0.330 e. The van der Waals surface area contributed by atoms with Gasteiger partial charge in [-0.05, 0) is 37.3 Å². The van der Waals surface area contributed by atoms with Gasteiger partial charge in [-0.3, -0.25) is 0 Å². The number of esters is 1. The summed E-state index contributed by atoms with van der Waals surface area (Å²) < 4.78 is 15.2. The first-order chi connectivity index (χ1) is 10.6. The first kappa shape index (κ1) is 18.0. The molecule has 0 spiro atoms. The van der Waals surface area contributed by atoms with Crippen LogP contribution in [0.3, 0.4) is 0 Å². The summed E-state index contributed by atoms with van der Waals surface area (Å²) in [4.78, 5) is 11.1. The molecule has 0 fully saturated rings. The lowest BCUT2D eigenvalue weighted by atomic mass is 10.1. The molecule has 0 saturated heterocycles. The van der Waals surface area contributed by atoms with Crippen molar-refractivity contribution in [3.05, 3.63) is 36.4 Å². The second kappa shape index (κ2) is 9.81. The summed E-state index contributed by atoms with van der Waals surface area (Å²) in [7, 11) is 1.58. The Morgan fingerprint density at radius 3 is 2.45 bits per heavy atom. The number of carbonyl (C=O) groups excluding carboxylic acids is 1. The molecule has 122 valence electrons. The molecule has 2 atom stereocenters. The van der Waals surface area contributed by atoms with Crippen molar-refractivity contribution in [3.8, 4) is 11.5 Å². The quantitative estimate of drug-likeness (QED) is 0.528. The van der Waals surface area contributed by atoms with E-state index in [1.165, 1.54) is 6.08 Å². The van der Waals surface area contributed by atoms with E-state index in [0.717, 1.165) is 11.8 Å². The van der Waals surface area contributed by atoms with Crippen LogP contribution >= 0.6 is 0 Å². The molecule has 0 aliphatic carbocycles. The van der Waals surface area contributed by atoms with Crippen LogP contribution in [0.25, 0.3) is 0 Å². The Bertz CT molecular complexity index is 468. The number of benzene rings is 1. The minimum absolute atomic E-state index is 0.223. The van der Waals surface area contributed by atoms with Gasteiger partial charge in [0.15, 0.2) is 0 Å². The van der Waals surface area contributed by atoms with Crippen molar-refractivity contribution in [1.82, 2.24) is 0 Å². The maximum atomic E-state index is 11.1. The first-order valence-corrected chi connectivity index (χ1v) is 7.04. The number of rotatable bonds is 9. The smallest absolute Gasteiger partial charge is 0.330 e. The van der Waals surface area contributed by atoms with Crippen molar-refractivity contribution in [2.75, 3.05) is 20.3 Å². The molecule has 22 heavy (non-hydrogen) atoms. The van der Waals surface area contributed by atoms with E-state index in [9.17, 15) is 15.0 Å². The molecule has 0 amide bonds. The number of hydrogen-bond acceptors (Lipinski definition) is 6. The number of aliphatic hydroxyl groups excluding tert-OH is 2. The summed E-state index contributed by atoms with van der Waals surface area (Å²) in [5.74, 6) is 0.819. The lowest BCUT2D eigenvalue weighted by Gasteiger charge is -2.15. The molecule has 0 unspecified atom stereocenters. The molecular weight excluding hydrogens is 288 g/mol. The summed E-state index contributed by atoms with van der Waals surface area (Å²) >= 11 is 0. The fraction of sp³-hybridized carbons (Fsp3) is 0.438. The summed E-state index contributed by atoms with van der Waals surface area (Å²) in [6.07, 6.45) is 0.353. The standard InChI is InChI=1S/C16H22O6/c1-3-21-16(19)9-8-14(17)15(18)10-11-22-13-6-4-12(20-2)5-7-13/h4-9,14-15,17-18H,3,10-11H2,1-2H3/b9-8+/t14-,15-/m1/s1. The third-order valence-corrected chi connectivity index (χ3v) is 2.85. The Kier molecular flexibility index (Phi) is 8.03. The van der Waals surface area contributed by atoms with Gasteiger partial charge in [0.05, 0.1) is 32.5 Å². The van der Waals surface area contributed by atoms with Crippen molar-refractivity contribution < 1.29 is 29.2 Å². The number of aliphatic hydroxyl groups is 2. The Labute approximate surface area is 129 Å². The molecule has 2 N–H and O–H groups in total. The molecule has 1 rings (SSSR count). The van der Waals surface area contributed by atoms with Gasteiger partial charge in [-0.2, -0.15) is 0 Å². The topological polar surface area (TPSA) is 85.2 Å². The minimum Gasteiger partial charge on any atom is -0.497 e. The van der Waals surface area contributed by atoms with Gasteiger partial charge >= 0.3 is 5.97 Å². The minimum atomic E-state index is -1.15. The van der Waals surface area contributed by atoms with Crippen LogP contribution in [0.5, 0.6) is 11.5 Å². The predicted molar refractivity (Wildman–Crippen MR) is 80.9 cm³/mol. The van der Waals surface area contributed by atoms with Crippen LogP contribution in [0.4, 0.5) is 0 Å². The van der Waals surface area contributed by atoms with Crippen molar-refractivity contribution in [2.24, 2.45) is 0 Å². The Morgan fingerprint density at radius 2 is 1.86 bits per heavy atom. The van der Waals surface area contributed by atoms with Crippen LogP contribution in [0, 0.1) is 0 Å². The van der Waals surface area contributed by atoms with Gasteiger partial charge in [0, 0.05) is 12.5 Å². The second-order valence-corrected chi connectivity index (χ2v) is 4.48. The molecule has 0 aliphatic heterocycles. The molecular formula is C16H22O6. The van der Waals surface area contributed by atoms with Crippen LogP contribution in [0.2, 0.25) is 0 Å². The first-order valence-electron chi connectivity index (χ1n) is 7.04. The highest BCUT2D eigenvalue weighted by molar-refractivity contribution is 5.81. The van der Waals surface area contributed by atoms with Crippen molar-refractivity contribution >= 4 is 5.97 Å². The monoisotopic (exact) mass is 310 g/mol. The van der Waals surface area contributed by atoms with Crippen LogP contribution in [-0.2, 0) is 9.53 Å². The van der Waals surface area contributed by atoms with Crippen LogP contribution in [0.15, 0.2) is 36.4 Å². The molecule has 6 nitrogen and oxygen atoms in total. The van der Waals surface area contributed by atoms with Gasteiger partial charge < -0.3 is 24.4 Å². The van der Waals surface area contributed by atoms with Crippen molar-refractivity contribution in [2.45, 2.75) is 25.6 Å². The molecule has 0 bridgehead atoms. The molecule has 1 aromatic rings. The number of methoxy groups -OCH3 is 1. The van der Waals surface area contributed by atoms with Gasteiger partial charge in [0.1, 0.15) is 11.5 Å². The van der Waals surface area contributed by atoms with Crippen molar-refractivity contribution in [3.63, 3.8) is 0 Å². The average molecular weight is 310 g/mol. The van der Waals surface area contributed by atoms with Crippen LogP contribution in [0.1, 0.15) is 13.3 Å². The van der Waals surface area contributed by atoms with Gasteiger partial charge in [-0.15, -0.1) is 0 Å². The molecule has 0 aliphatic rings. The van der Waals surface area contributed by atoms with Gasteiger partial charge in [0.2, 0.25) is 0 Å². The number of ether oxygens (including phenoxy) is 3. The largest absolute Gasteiger partial charge is 0.497 e. The lowest BCUT2D eigenvalue weighted by Crippen LogP contribution is -2.26. The third-order valence-electron chi connectivity index (χ3n) is 2.85. The normalized spacial score (nSPS) is 13.6. The van der Waals surface area contributed by atoms with E-state index >= 15 is 0 Å². The Balaban J connectivity index is 2.32. The number of hydrogen-bond donors (Lipinski definition) is 2. The highest BCUT2D eigenvalue weighted by Crippen LogP contribution is 2.17. The van der Waals surface area contributed by atoms with Crippen LogP contribution in [-0.4, -0.2) is 48.7 Å². The van der Waals surface area contributed by atoms with E-state index in [2.05, 4.69) is 4.74 Å². The van der Waals surface area contributed by atoms with E-state index in [1.54, 1.807) is 38.3 Å². The zero-order valence-electron chi connectivity index (χ0n) is 12.8. The van der Waals surface area contributed by atoms with Gasteiger partial charge in [0.25, 0.3) is 0 Å². The highest BCUT2D eigenvalue weighted by atomic mass is 16.5. The maximum absolute atomic E-state index is 11.1. The second-order valence-electron chi connectivity index (χ2n) is 4.48. The summed E-state index contributed by atoms with van der Waals surface area (Å²) in [6, 6.07) is 7.04. The molecule has 0 heterocycles. The van der Waals surface area contributed by atoms with Gasteiger partial charge in [-0.25, -0.2) is 4.79 Å². The lowest BCUT2D eigenvalue weighted by molar-refractivity contribution is -0.137. The molecule has 6 heteroatoms. The third kappa shape index (κ3) is 6.60. The fourth-order valence-electron chi connectivity index (χ4n) is 1.64. The molecule has 0 aromatic heterocycles. The van der Waals surface area contributed by atoms with E-state index in [1.807, 2.05) is 0 Å². The zero-order chi connectivity index (χ0) is 16.4. The zero-order valence-corrected chi connectivity index (χ0v) is 12.8. The Hall–Kier alpha value is -2.05. The van der Waals surface area contributed by atoms with Crippen molar-refractivity contribution in [1.29, 1.82) is 0 Å². The summed E-state index contributed by atoms with van der Waals surface area (Å²) in [5.41, 5.74) is 0. The van der Waals surface area contributed by atoms with Gasteiger partial charge in [-0.1, -0.05) is 0 Å². The average Bonchev–Trinajstić information content (AvgIpc) is 2.53.